The van der Waals surface area contributed by atoms with Crippen molar-refractivity contribution in [3.8, 4) is 63.2 Å². The van der Waals surface area contributed by atoms with Crippen LogP contribution in [0.15, 0.2) is 193 Å². The van der Waals surface area contributed by atoms with Crippen LogP contribution < -0.4 is 68.4 Å². The van der Waals surface area contributed by atoms with Crippen molar-refractivity contribution >= 4 is 43.1 Å². The van der Waals surface area contributed by atoms with Crippen molar-refractivity contribution in [1.82, 2.24) is 9.13 Å². The molecule has 0 amide bonds. The number of furan rings is 2. The second kappa shape index (κ2) is 19.8. The van der Waals surface area contributed by atoms with Gasteiger partial charge in [-0.15, -0.1) is 0 Å². The first-order valence-corrected chi connectivity index (χ1v) is 24.5. The van der Waals surface area contributed by atoms with Crippen LogP contribution in [0.4, 0.5) is 0 Å². The van der Waals surface area contributed by atoms with Crippen LogP contribution in [0.25, 0.3) is 48.8 Å². The highest BCUT2D eigenvalue weighted by atomic mass is 16.5. The zero-order valence-electron chi connectivity index (χ0n) is 42.9. The molecule has 390 valence electrons. The Morgan fingerprint density at radius 3 is 0.759 bits per heavy atom. The molecule has 0 atom stereocenters. The van der Waals surface area contributed by atoms with Crippen molar-refractivity contribution in [1.29, 1.82) is 0 Å². The van der Waals surface area contributed by atoms with Gasteiger partial charge in [0.1, 0.15) is 77.6 Å². The van der Waals surface area contributed by atoms with Gasteiger partial charge in [-0.1, -0.05) is 88.5 Å². The smallest absolute Gasteiger partial charge is 0.350 e. The van der Waals surface area contributed by atoms with E-state index in [2.05, 4.69) is 0 Å². The largest absolute Gasteiger partial charge is 0.457 e. The Hall–Kier alpha value is -10.7. The highest BCUT2D eigenvalue weighted by Crippen LogP contribution is 2.43. The van der Waals surface area contributed by atoms with E-state index in [1.54, 1.807) is 97.1 Å². The van der Waals surface area contributed by atoms with Gasteiger partial charge >= 0.3 is 22.5 Å². The van der Waals surface area contributed by atoms with E-state index in [1.807, 2.05) is 83.1 Å². The van der Waals surface area contributed by atoms with Crippen LogP contribution in [0.2, 0.25) is 0 Å². The molecule has 79 heavy (non-hydrogen) atoms. The minimum absolute atomic E-state index is 0.149. The van der Waals surface area contributed by atoms with Crippen molar-refractivity contribution in [3.05, 3.63) is 257 Å². The molecule has 0 saturated carbocycles. The lowest BCUT2D eigenvalue weighted by molar-refractivity contribution is 0.475. The first-order chi connectivity index (χ1) is 37.9. The minimum Gasteiger partial charge on any atom is -0.457 e. The van der Waals surface area contributed by atoms with Gasteiger partial charge in [0.15, 0.2) is 23.0 Å². The fraction of sp³-hybridized carbons (Fsp3) is 0.0968. The molecule has 8 aromatic carbocycles. The standard InChI is InChI=1S/C38H28N2O7.C24H14O8/c1-21-5-13-25(14-6-21)45-26-19-11-24(12-20-26)40-37(43)31-32(38(40)44)34(47-28-17-9-23(3)10-18-28)30-29(35(41)39(4)36(30)42)33(31)46-27-15-7-22(2)8-16-27;1-11-3-7-13(8-4-11)29-19-15-17(23(27)31-21(15)25)20(18-16(19)22(26)32-24(18)28)30-14-9-5-12(2)6-10-14/h5-20H,1-4H3;3-10H,1-2H3. The molecule has 12 rings (SSSR count). The summed E-state index contributed by atoms with van der Waals surface area (Å²) in [6, 6.07) is 41.5. The van der Waals surface area contributed by atoms with Crippen molar-refractivity contribution in [3.63, 3.8) is 0 Å². The van der Waals surface area contributed by atoms with Crippen molar-refractivity contribution in [2.75, 3.05) is 0 Å². The Morgan fingerprint density at radius 2 is 0.494 bits per heavy atom. The third-order valence-electron chi connectivity index (χ3n) is 13.2. The molecule has 0 saturated heterocycles. The van der Waals surface area contributed by atoms with Crippen LogP contribution in [0.1, 0.15) is 27.8 Å². The van der Waals surface area contributed by atoms with Gasteiger partial charge in [-0.2, -0.15) is 0 Å². The lowest BCUT2D eigenvalue weighted by Crippen LogP contribution is -2.23. The number of hydrogen-bond acceptors (Lipinski definition) is 15. The lowest BCUT2D eigenvalue weighted by Gasteiger charge is -2.12. The van der Waals surface area contributed by atoms with E-state index in [0.717, 1.165) is 37.0 Å². The van der Waals surface area contributed by atoms with Gasteiger partial charge in [0.2, 0.25) is 0 Å². The van der Waals surface area contributed by atoms with E-state index in [9.17, 15) is 38.4 Å². The van der Waals surface area contributed by atoms with Crippen molar-refractivity contribution < 1.29 is 32.5 Å². The summed E-state index contributed by atoms with van der Waals surface area (Å²) < 4.78 is 41.5. The lowest BCUT2D eigenvalue weighted by atomic mass is 10.1. The maximum absolute atomic E-state index is 14.3. The molecule has 0 spiro atoms. The molecule has 17 nitrogen and oxygen atoms in total. The van der Waals surface area contributed by atoms with E-state index in [1.165, 1.54) is 7.05 Å². The zero-order chi connectivity index (χ0) is 55.6. The van der Waals surface area contributed by atoms with Crippen LogP contribution in [-0.2, 0) is 7.05 Å². The number of aryl methyl sites for hydroxylation is 5. The molecular formula is C62H42N2O15. The summed E-state index contributed by atoms with van der Waals surface area (Å²) in [5, 5.41) is -1.86. The molecule has 0 radical (unpaired) electrons. The third kappa shape index (κ3) is 9.14. The predicted octanol–water partition coefficient (Wildman–Crippen LogP) is 10.4. The van der Waals surface area contributed by atoms with Crippen molar-refractivity contribution in [2.45, 2.75) is 34.6 Å². The van der Waals surface area contributed by atoms with Gasteiger partial charge in [-0.05, 0) is 120 Å². The fourth-order valence-corrected chi connectivity index (χ4v) is 9.06. The number of ether oxygens (including phenoxy) is 5. The predicted molar refractivity (Wildman–Crippen MR) is 297 cm³/mol. The molecule has 0 fully saturated rings. The SMILES string of the molecule is Cc1ccc(Oc2c3c(=O)oc(=O)c3c(Oc3ccc(C)cc3)c3c(=O)oc(=O)c23)cc1.Cc1ccc(Oc2ccc(-n3c(=O)c4c(Oc5ccc(C)cc5)c5c(=O)n(C)c(=O)c5c(Oc5ccc(C)cc5)c4c3=O)cc2)cc1. The molecular weight excluding hydrogens is 1010 g/mol. The Labute approximate surface area is 444 Å². The number of fused-ring (bicyclic) bond motifs is 4. The van der Waals surface area contributed by atoms with Gasteiger partial charge < -0.3 is 32.5 Å². The zero-order valence-corrected chi connectivity index (χ0v) is 42.9. The molecule has 4 heterocycles. The molecule has 0 bridgehead atoms. The van der Waals surface area contributed by atoms with Crippen LogP contribution >= 0.6 is 0 Å². The Kier molecular flexibility index (Phi) is 12.6. The van der Waals surface area contributed by atoms with Gasteiger partial charge in [-0.25, -0.2) is 23.7 Å². The van der Waals surface area contributed by atoms with Crippen LogP contribution in [0, 0.1) is 34.6 Å². The number of rotatable bonds is 11. The fourth-order valence-electron chi connectivity index (χ4n) is 9.06. The normalized spacial score (nSPS) is 11.3. The van der Waals surface area contributed by atoms with E-state index < -0.39 is 44.7 Å². The van der Waals surface area contributed by atoms with Crippen LogP contribution in [-0.4, -0.2) is 9.13 Å². The highest BCUT2D eigenvalue weighted by Gasteiger charge is 2.33. The van der Waals surface area contributed by atoms with E-state index in [-0.39, 0.29) is 83.3 Å². The first-order valence-electron chi connectivity index (χ1n) is 24.5. The first kappa shape index (κ1) is 50.5. The topological polar surface area (TPSA) is 219 Å². The maximum atomic E-state index is 14.3. The molecule has 0 unspecified atom stereocenters. The highest BCUT2D eigenvalue weighted by molar-refractivity contribution is 6.12. The van der Waals surface area contributed by atoms with Crippen molar-refractivity contribution in [2.24, 2.45) is 7.05 Å². The van der Waals surface area contributed by atoms with E-state index in [4.69, 9.17) is 32.5 Å². The van der Waals surface area contributed by atoms with Crippen LogP contribution in [0.3, 0.4) is 0 Å². The summed E-state index contributed by atoms with van der Waals surface area (Å²) in [5.41, 5.74) is -1.70. The van der Waals surface area contributed by atoms with Gasteiger partial charge in [0.05, 0.1) is 5.69 Å². The number of nitrogens with zero attached hydrogens (tertiary/aromatic N) is 2. The number of aromatic nitrogens is 2. The summed E-state index contributed by atoms with van der Waals surface area (Å²) >= 11 is 0. The molecule has 17 heteroatoms. The molecule has 0 N–H and O–H groups in total. The quantitative estimate of drug-likeness (QED) is 0.118. The average Bonchev–Trinajstić information content (AvgIpc) is 3.50. The van der Waals surface area contributed by atoms with E-state index in [0.29, 0.717) is 23.0 Å². The maximum Gasteiger partial charge on any atom is 0.350 e. The molecule has 0 aliphatic rings. The second-order valence-corrected chi connectivity index (χ2v) is 18.9. The van der Waals surface area contributed by atoms with E-state index >= 15 is 0 Å². The summed E-state index contributed by atoms with van der Waals surface area (Å²) in [4.78, 5) is 106. The molecule has 0 aliphatic carbocycles. The summed E-state index contributed by atoms with van der Waals surface area (Å²) in [6.07, 6.45) is 0. The Bertz CT molecular complexity index is 4490. The second-order valence-electron chi connectivity index (χ2n) is 18.9. The molecule has 4 aromatic heterocycles. The summed E-state index contributed by atoms with van der Waals surface area (Å²) in [5.74, 6) is 1.39. The minimum atomic E-state index is -1.02. The Morgan fingerprint density at radius 1 is 0.278 bits per heavy atom. The summed E-state index contributed by atoms with van der Waals surface area (Å²) in [7, 11) is 1.33. The van der Waals surface area contributed by atoms with Gasteiger partial charge in [-0.3, -0.25) is 23.7 Å². The van der Waals surface area contributed by atoms with Crippen LogP contribution in [0.5, 0.6) is 57.5 Å². The average molecular weight is 1060 g/mol. The monoisotopic (exact) mass is 1050 g/mol. The molecule has 0 aliphatic heterocycles. The summed E-state index contributed by atoms with van der Waals surface area (Å²) in [6.45, 7) is 9.55. The van der Waals surface area contributed by atoms with Gasteiger partial charge in [0.25, 0.3) is 22.2 Å². The molecule has 12 aromatic rings. The number of hydrogen-bond donors (Lipinski definition) is 0. The third-order valence-corrected chi connectivity index (χ3v) is 13.2. The van der Waals surface area contributed by atoms with Gasteiger partial charge in [0, 0.05) is 7.05 Å². The number of benzene rings is 8. The Balaban J connectivity index is 0.000000180.